The summed E-state index contributed by atoms with van der Waals surface area (Å²) in [5, 5.41) is 3.42. The van der Waals surface area contributed by atoms with E-state index in [1.54, 1.807) is 24.1 Å². The number of rotatable bonds is 16. The smallest absolute Gasteiger partial charge is 0.384 e. The summed E-state index contributed by atoms with van der Waals surface area (Å²) < 4.78 is 41.5. The SMILES string of the molecule is CCCCCCCCCCCCCCN(C(=O)C1Cc2cccnc2N1c1cc(C(F)(F)F)cc(C)n1)c1ccc2c(c1)NCC2. The first kappa shape index (κ1) is 33.7. The van der Waals surface area contributed by atoms with Gasteiger partial charge in [-0.15, -0.1) is 0 Å². The third kappa shape index (κ3) is 8.39. The normalized spacial score (nSPS) is 15.5. The van der Waals surface area contributed by atoms with E-state index in [1.165, 1.54) is 63.4 Å². The van der Waals surface area contributed by atoms with Crippen molar-refractivity contribution >= 4 is 28.9 Å². The molecule has 1 N–H and O–H groups in total. The number of carbonyl (C=O) groups is 1. The molecule has 3 aromatic rings. The van der Waals surface area contributed by atoms with Crippen LogP contribution in [0.4, 0.5) is 36.2 Å². The number of unbranched alkanes of at least 4 members (excludes halogenated alkanes) is 11. The van der Waals surface area contributed by atoms with Crippen molar-refractivity contribution in [3.05, 3.63) is 71.0 Å². The van der Waals surface area contributed by atoms with Crippen LogP contribution >= 0.6 is 0 Å². The number of hydrogen-bond donors (Lipinski definition) is 1. The molecule has 1 amide bonds. The quantitative estimate of drug-likeness (QED) is 0.159. The fourth-order valence-electron chi connectivity index (χ4n) is 6.76. The van der Waals surface area contributed by atoms with Gasteiger partial charge < -0.3 is 10.2 Å². The van der Waals surface area contributed by atoms with Crippen LogP contribution in [0.1, 0.15) is 106 Å². The van der Waals surface area contributed by atoms with Gasteiger partial charge in [-0.2, -0.15) is 13.2 Å². The largest absolute Gasteiger partial charge is 0.416 e. The van der Waals surface area contributed by atoms with E-state index >= 15 is 0 Å². The van der Waals surface area contributed by atoms with Crippen LogP contribution in [0.2, 0.25) is 0 Å². The molecule has 5 rings (SSSR count). The van der Waals surface area contributed by atoms with E-state index in [-0.39, 0.29) is 17.4 Å². The molecule has 0 saturated carbocycles. The number of alkyl halides is 3. The summed E-state index contributed by atoms with van der Waals surface area (Å²) >= 11 is 0. The summed E-state index contributed by atoms with van der Waals surface area (Å²) in [6.45, 7) is 5.20. The summed E-state index contributed by atoms with van der Waals surface area (Å²) in [7, 11) is 0. The van der Waals surface area contributed by atoms with Crippen LogP contribution in [-0.4, -0.2) is 35.0 Å². The zero-order valence-electron chi connectivity index (χ0n) is 27.3. The highest BCUT2D eigenvalue weighted by Gasteiger charge is 2.41. The number of benzene rings is 1. The monoisotopic (exact) mass is 635 g/mol. The van der Waals surface area contributed by atoms with E-state index in [9.17, 15) is 18.0 Å². The molecule has 0 spiro atoms. The summed E-state index contributed by atoms with van der Waals surface area (Å²) in [6, 6.07) is 11.1. The lowest BCUT2D eigenvalue weighted by molar-refractivity contribution is -0.137. The number of hydrogen-bond acceptors (Lipinski definition) is 5. The van der Waals surface area contributed by atoms with Crippen molar-refractivity contribution in [2.75, 3.05) is 28.2 Å². The number of pyridine rings is 2. The van der Waals surface area contributed by atoms with Crippen molar-refractivity contribution < 1.29 is 18.0 Å². The molecule has 2 aliphatic rings. The summed E-state index contributed by atoms with van der Waals surface area (Å²) in [5.41, 5.74) is 3.33. The van der Waals surface area contributed by atoms with Crippen LogP contribution in [0.25, 0.3) is 0 Å². The molecule has 248 valence electrons. The van der Waals surface area contributed by atoms with E-state index < -0.39 is 17.8 Å². The number of nitrogens with one attached hydrogen (secondary N) is 1. The molecule has 0 bridgehead atoms. The average Bonchev–Trinajstić information content (AvgIpc) is 3.67. The number of fused-ring (bicyclic) bond motifs is 2. The predicted octanol–water partition coefficient (Wildman–Crippen LogP) is 9.57. The van der Waals surface area contributed by atoms with E-state index in [1.807, 2.05) is 23.1 Å². The number of anilines is 4. The van der Waals surface area contributed by atoms with Crippen molar-refractivity contribution in [2.24, 2.45) is 0 Å². The summed E-state index contributed by atoms with van der Waals surface area (Å²) in [6.07, 6.45) is 13.1. The number of aryl methyl sites for hydroxylation is 1. The van der Waals surface area contributed by atoms with Crippen molar-refractivity contribution in [3.63, 3.8) is 0 Å². The van der Waals surface area contributed by atoms with Crippen LogP contribution in [-0.2, 0) is 23.8 Å². The van der Waals surface area contributed by atoms with E-state index in [4.69, 9.17) is 0 Å². The Morgan fingerprint density at radius 2 is 1.63 bits per heavy atom. The first-order valence-electron chi connectivity index (χ1n) is 17.2. The van der Waals surface area contributed by atoms with Crippen LogP contribution in [0.15, 0.2) is 48.7 Å². The molecule has 0 saturated heterocycles. The van der Waals surface area contributed by atoms with Crippen molar-refractivity contribution in [3.8, 4) is 0 Å². The maximum atomic E-state index is 14.6. The lowest BCUT2D eigenvalue weighted by atomic mass is 10.0. The summed E-state index contributed by atoms with van der Waals surface area (Å²) in [4.78, 5) is 27.0. The second kappa shape index (κ2) is 15.8. The van der Waals surface area contributed by atoms with Gasteiger partial charge in [0.2, 0.25) is 0 Å². The molecule has 0 aliphatic carbocycles. The molecule has 4 heterocycles. The van der Waals surface area contributed by atoms with Crippen LogP contribution in [0.5, 0.6) is 0 Å². The van der Waals surface area contributed by atoms with Crippen molar-refractivity contribution in [2.45, 2.75) is 116 Å². The van der Waals surface area contributed by atoms with Crippen LogP contribution in [0, 0.1) is 6.92 Å². The highest BCUT2D eigenvalue weighted by atomic mass is 19.4. The van der Waals surface area contributed by atoms with Gasteiger partial charge in [0.05, 0.1) is 5.56 Å². The van der Waals surface area contributed by atoms with E-state index in [0.29, 0.717) is 18.8 Å². The Morgan fingerprint density at radius 1 is 0.935 bits per heavy atom. The Labute approximate surface area is 271 Å². The molecule has 6 nitrogen and oxygen atoms in total. The Hall–Kier alpha value is -3.62. The number of halogens is 3. The van der Waals surface area contributed by atoms with Gasteiger partial charge in [0.25, 0.3) is 5.91 Å². The highest BCUT2D eigenvalue weighted by molar-refractivity contribution is 6.02. The maximum Gasteiger partial charge on any atom is 0.416 e. The second-order valence-electron chi connectivity index (χ2n) is 12.8. The van der Waals surface area contributed by atoms with Gasteiger partial charge in [-0.25, -0.2) is 9.97 Å². The molecule has 0 radical (unpaired) electrons. The molecular formula is C37H48F3N5O. The minimum atomic E-state index is -4.54. The van der Waals surface area contributed by atoms with Crippen molar-refractivity contribution in [1.82, 2.24) is 9.97 Å². The number of aromatic nitrogens is 2. The molecule has 1 aromatic carbocycles. The van der Waals surface area contributed by atoms with Crippen LogP contribution < -0.4 is 15.1 Å². The Kier molecular flexibility index (Phi) is 11.6. The predicted molar refractivity (Wildman–Crippen MR) is 180 cm³/mol. The molecule has 46 heavy (non-hydrogen) atoms. The molecule has 1 atom stereocenters. The van der Waals surface area contributed by atoms with Gasteiger partial charge in [0, 0.05) is 42.8 Å². The van der Waals surface area contributed by atoms with Gasteiger partial charge in [-0.05, 0) is 61.2 Å². The summed E-state index contributed by atoms with van der Waals surface area (Å²) in [5.74, 6) is 0.410. The average molecular weight is 636 g/mol. The van der Waals surface area contributed by atoms with Crippen LogP contribution in [0.3, 0.4) is 0 Å². The third-order valence-corrected chi connectivity index (χ3v) is 9.24. The third-order valence-electron chi connectivity index (χ3n) is 9.24. The van der Waals surface area contributed by atoms with Gasteiger partial charge in [0.15, 0.2) is 0 Å². The lowest BCUT2D eigenvalue weighted by Crippen LogP contribution is -2.47. The zero-order valence-corrected chi connectivity index (χ0v) is 27.3. The van der Waals surface area contributed by atoms with Gasteiger partial charge >= 0.3 is 6.18 Å². The Balaban J connectivity index is 1.31. The molecular weight excluding hydrogens is 587 g/mol. The maximum absolute atomic E-state index is 14.6. The second-order valence-corrected chi connectivity index (χ2v) is 12.8. The first-order chi connectivity index (χ1) is 22.3. The van der Waals surface area contributed by atoms with Crippen molar-refractivity contribution in [1.29, 1.82) is 0 Å². The first-order valence-corrected chi connectivity index (χ1v) is 17.2. The van der Waals surface area contributed by atoms with Gasteiger partial charge in [0.1, 0.15) is 17.7 Å². The molecule has 1 unspecified atom stereocenters. The van der Waals surface area contributed by atoms with Gasteiger partial charge in [-0.3, -0.25) is 9.69 Å². The van der Waals surface area contributed by atoms with E-state index in [2.05, 4.69) is 28.3 Å². The lowest BCUT2D eigenvalue weighted by Gasteiger charge is -2.31. The Bertz CT molecular complexity index is 1460. The van der Waals surface area contributed by atoms with E-state index in [0.717, 1.165) is 61.3 Å². The zero-order chi connectivity index (χ0) is 32.5. The molecule has 2 aromatic heterocycles. The number of amides is 1. The Morgan fingerprint density at radius 3 is 2.33 bits per heavy atom. The fourth-order valence-corrected chi connectivity index (χ4v) is 6.76. The fraction of sp³-hybridized carbons (Fsp3) is 0.541. The number of carbonyl (C=O) groups excluding carboxylic acids is 1. The minimum Gasteiger partial charge on any atom is -0.384 e. The molecule has 2 aliphatic heterocycles. The minimum absolute atomic E-state index is 0.0871. The molecule has 9 heteroatoms. The standard InChI is InChI=1S/C37H48F3N5O/c1-3-4-5-6-7-8-9-10-11-12-13-14-22-44(31-18-17-28-19-21-41-32(28)26-31)36(46)33-24-29-16-15-20-42-35(29)45(33)34-25-30(37(38,39)40)23-27(2)43-34/h15-18,20,23,25-26,33,41H,3-14,19,21-22,24H2,1-2H3. The molecule has 0 fully saturated rings. The topological polar surface area (TPSA) is 61.4 Å². The van der Waals surface area contributed by atoms with Gasteiger partial charge in [-0.1, -0.05) is 89.7 Å². The number of nitrogens with zero attached hydrogens (tertiary/aromatic N) is 4. The highest BCUT2D eigenvalue weighted by Crippen LogP contribution is 2.40.